The second-order valence-corrected chi connectivity index (χ2v) is 4.16. The van der Waals surface area contributed by atoms with Crippen molar-refractivity contribution >= 4 is 10.8 Å². The first kappa shape index (κ1) is 11.9. The zero-order valence-corrected chi connectivity index (χ0v) is 9.50. The Kier molecular flexibility index (Phi) is 3.61. The molecule has 1 atom stereocenters. The van der Waals surface area contributed by atoms with E-state index in [1.807, 2.05) is 30.3 Å². The van der Waals surface area contributed by atoms with E-state index >= 15 is 0 Å². The van der Waals surface area contributed by atoms with Gasteiger partial charge in [-0.2, -0.15) is 0 Å². The molecule has 17 heavy (non-hydrogen) atoms. The zero-order chi connectivity index (χ0) is 12.3. The molecule has 0 heterocycles. The van der Waals surface area contributed by atoms with Gasteiger partial charge in [-0.1, -0.05) is 30.3 Å². The lowest BCUT2D eigenvalue weighted by Crippen LogP contribution is -2.12. The number of hydrogen-bond donors (Lipinski definition) is 3. The monoisotopic (exact) mass is 232 g/mol. The third-order valence-corrected chi connectivity index (χ3v) is 2.95. The number of hydrogen-bond acceptors (Lipinski definition) is 3. The molecule has 3 nitrogen and oxygen atoms in total. The second-order valence-electron chi connectivity index (χ2n) is 4.16. The van der Waals surface area contributed by atoms with E-state index in [9.17, 15) is 10.2 Å². The molecule has 0 aliphatic carbocycles. The quantitative estimate of drug-likeness (QED) is 0.753. The Hall–Kier alpha value is -1.58. The number of rotatable bonds is 4. The van der Waals surface area contributed by atoms with Gasteiger partial charge in [0, 0.05) is 5.56 Å². The highest BCUT2D eigenvalue weighted by molar-refractivity contribution is 5.87. The Labute approximate surface area is 100.0 Å². The van der Waals surface area contributed by atoms with Gasteiger partial charge in [0.2, 0.25) is 0 Å². The Bertz CT molecular complexity index is 508. The van der Waals surface area contributed by atoms with Crippen molar-refractivity contribution in [2.45, 2.75) is 18.9 Å². The van der Waals surface area contributed by atoms with Crippen LogP contribution in [0.1, 0.15) is 12.0 Å². The highest BCUT2D eigenvalue weighted by atomic mass is 16.3. The Balaban J connectivity index is 2.34. The van der Waals surface area contributed by atoms with Crippen LogP contribution in [0.2, 0.25) is 0 Å². The van der Waals surface area contributed by atoms with Crippen molar-refractivity contribution < 1.29 is 15.3 Å². The van der Waals surface area contributed by atoms with Crippen molar-refractivity contribution in [2.24, 2.45) is 0 Å². The van der Waals surface area contributed by atoms with Crippen LogP contribution in [-0.4, -0.2) is 28.0 Å². The zero-order valence-electron chi connectivity index (χ0n) is 9.50. The molecule has 0 spiro atoms. The molecule has 2 rings (SSSR count). The summed E-state index contributed by atoms with van der Waals surface area (Å²) in [6, 6.07) is 11.4. The summed E-state index contributed by atoms with van der Waals surface area (Å²) < 4.78 is 0. The lowest BCUT2D eigenvalue weighted by atomic mass is 9.98. The van der Waals surface area contributed by atoms with Crippen molar-refractivity contribution in [1.82, 2.24) is 0 Å². The maximum Gasteiger partial charge on any atom is 0.119 e. The molecule has 3 heteroatoms. The highest BCUT2D eigenvalue weighted by Gasteiger charge is 2.09. The number of fused-ring (bicyclic) bond motifs is 1. The van der Waals surface area contributed by atoms with Gasteiger partial charge in [-0.25, -0.2) is 0 Å². The summed E-state index contributed by atoms with van der Waals surface area (Å²) in [5.74, 6) is 0.244. The molecule has 0 aromatic heterocycles. The summed E-state index contributed by atoms with van der Waals surface area (Å²) in [5.41, 5.74) is 0.829. The predicted molar refractivity (Wildman–Crippen MR) is 67.0 cm³/mol. The van der Waals surface area contributed by atoms with Crippen LogP contribution in [-0.2, 0) is 6.42 Å². The number of aromatic hydroxyl groups is 1. The molecule has 0 aliphatic heterocycles. The minimum absolute atomic E-state index is 0.244. The van der Waals surface area contributed by atoms with Crippen LogP contribution in [0.25, 0.3) is 10.8 Å². The number of benzene rings is 2. The van der Waals surface area contributed by atoms with Crippen LogP contribution >= 0.6 is 0 Å². The molecular weight excluding hydrogens is 216 g/mol. The van der Waals surface area contributed by atoms with E-state index in [0.29, 0.717) is 12.8 Å². The molecule has 3 N–H and O–H groups in total. The summed E-state index contributed by atoms with van der Waals surface area (Å²) in [7, 11) is 0. The fraction of sp³-hybridized carbons (Fsp3) is 0.286. The number of aryl methyl sites for hydroxylation is 1. The molecule has 0 saturated carbocycles. The number of phenols is 1. The van der Waals surface area contributed by atoms with Crippen LogP contribution in [0.3, 0.4) is 0 Å². The number of aliphatic hydroxyl groups excluding tert-OH is 2. The van der Waals surface area contributed by atoms with Gasteiger partial charge in [0.15, 0.2) is 0 Å². The predicted octanol–water partition coefficient (Wildman–Crippen LogP) is 1.83. The van der Waals surface area contributed by atoms with E-state index in [-0.39, 0.29) is 12.4 Å². The van der Waals surface area contributed by atoms with Crippen LogP contribution in [0.4, 0.5) is 0 Å². The van der Waals surface area contributed by atoms with Gasteiger partial charge < -0.3 is 15.3 Å². The van der Waals surface area contributed by atoms with Gasteiger partial charge >= 0.3 is 0 Å². The lowest BCUT2D eigenvalue weighted by Gasteiger charge is -2.11. The van der Waals surface area contributed by atoms with Crippen molar-refractivity contribution in [2.75, 3.05) is 6.61 Å². The second kappa shape index (κ2) is 5.17. The van der Waals surface area contributed by atoms with Gasteiger partial charge in [-0.3, -0.25) is 0 Å². The van der Waals surface area contributed by atoms with Crippen LogP contribution < -0.4 is 0 Å². The molecule has 0 saturated heterocycles. The molecule has 2 aromatic rings. The normalized spacial score (nSPS) is 12.8. The Morgan fingerprint density at radius 1 is 1.06 bits per heavy atom. The topological polar surface area (TPSA) is 60.7 Å². The van der Waals surface area contributed by atoms with Gasteiger partial charge in [0.25, 0.3) is 0 Å². The van der Waals surface area contributed by atoms with E-state index < -0.39 is 6.10 Å². The molecule has 90 valence electrons. The minimum Gasteiger partial charge on any atom is -0.508 e. The van der Waals surface area contributed by atoms with E-state index in [2.05, 4.69) is 0 Å². The van der Waals surface area contributed by atoms with Crippen LogP contribution in [0.15, 0.2) is 36.4 Å². The smallest absolute Gasteiger partial charge is 0.119 e. The lowest BCUT2D eigenvalue weighted by molar-refractivity contribution is 0.0885. The van der Waals surface area contributed by atoms with E-state index in [4.69, 9.17) is 5.11 Å². The van der Waals surface area contributed by atoms with E-state index in [1.54, 1.807) is 6.07 Å². The SMILES string of the molecule is OCC(O)CCc1c(O)ccc2ccccc12. The van der Waals surface area contributed by atoms with Crippen molar-refractivity contribution in [3.63, 3.8) is 0 Å². The first-order valence-electron chi connectivity index (χ1n) is 5.71. The molecule has 2 aromatic carbocycles. The molecular formula is C14H16O3. The molecule has 0 radical (unpaired) electrons. The maximum atomic E-state index is 9.85. The molecule has 1 unspecified atom stereocenters. The molecule has 0 amide bonds. The van der Waals surface area contributed by atoms with Crippen LogP contribution in [0.5, 0.6) is 5.75 Å². The number of phenolic OH excluding ortho intramolecular Hbond substituents is 1. The molecule has 0 fully saturated rings. The van der Waals surface area contributed by atoms with Crippen molar-refractivity contribution in [3.8, 4) is 5.75 Å². The average Bonchev–Trinajstić information content (AvgIpc) is 2.37. The van der Waals surface area contributed by atoms with Gasteiger partial charge in [-0.15, -0.1) is 0 Å². The first-order chi connectivity index (χ1) is 8.22. The fourth-order valence-electron chi connectivity index (χ4n) is 1.99. The largest absolute Gasteiger partial charge is 0.508 e. The summed E-state index contributed by atoms with van der Waals surface area (Å²) in [5, 5.41) is 30.0. The highest BCUT2D eigenvalue weighted by Crippen LogP contribution is 2.28. The van der Waals surface area contributed by atoms with E-state index in [0.717, 1.165) is 16.3 Å². The summed E-state index contributed by atoms with van der Waals surface area (Å²) in [4.78, 5) is 0. The van der Waals surface area contributed by atoms with Crippen LogP contribution in [0, 0.1) is 0 Å². The maximum absolute atomic E-state index is 9.85. The van der Waals surface area contributed by atoms with E-state index in [1.165, 1.54) is 0 Å². The Morgan fingerprint density at radius 2 is 1.82 bits per heavy atom. The summed E-state index contributed by atoms with van der Waals surface area (Å²) in [6.45, 7) is -0.245. The minimum atomic E-state index is -0.728. The fourth-order valence-corrected chi connectivity index (χ4v) is 1.99. The van der Waals surface area contributed by atoms with Crippen molar-refractivity contribution in [1.29, 1.82) is 0 Å². The van der Waals surface area contributed by atoms with Gasteiger partial charge in [-0.05, 0) is 29.7 Å². The van der Waals surface area contributed by atoms with Gasteiger partial charge in [0.1, 0.15) is 5.75 Å². The Morgan fingerprint density at radius 3 is 2.59 bits per heavy atom. The standard InChI is InChI=1S/C14H16O3/c15-9-11(16)6-7-13-12-4-2-1-3-10(12)5-8-14(13)17/h1-5,8,11,15-17H,6-7,9H2. The number of aliphatic hydroxyl groups is 2. The summed E-state index contributed by atoms with van der Waals surface area (Å²) in [6.07, 6.45) is 0.265. The average molecular weight is 232 g/mol. The van der Waals surface area contributed by atoms with Crippen molar-refractivity contribution in [3.05, 3.63) is 42.0 Å². The molecule has 0 aliphatic rings. The molecule has 0 bridgehead atoms. The van der Waals surface area contributed by atoms with Gasteiger partial charge in [0.05, 0.1) is 12.7 Å². The third-order valence-electron chi connectivity index (χ3n) is 2.95. The summed E-state index contributed by atoms with van der Waals surface area (Å²) >= 11 is 0. The first-order valence-corrected chi connectivity index (χ1v) is 5.71. The third kappa shape index (κ3) is 2.57.